The highest BCUT2D eigenvalue weighted by atomic mass is 32.2. The van der Waals surface area contributed by atoms with Crippen LogP contribution in [0.3, 0.4) is 0 Å². The van der Waals surface area contributed by atoms with Gasteiger partial charge in [-0.05, 0) is 48.7 Å². The van der Waals surface area contributed by atoms with Crippen LogP contribution in [0.1, 0.15) is 16.7 Å². The zero-order valence-corrected chi connectivity index (χ0v) is 21.7. The van der Waals surface area contributed by atoms with Gasteiger partial charge in [-0.25, -0.2) is 8.42 Å². The molecule has 1 N–H and O–H groups in total. The Morgan fingerprint density at radius 3 is 2.42 bits per heavy atom. The van der Waals surface area contributed by atoms with E-state index in [-0.39, 0.29) is 21.7 Å². The third-order valence-corrected chi connectivity index (χ3v) is 7.31. The van der Waals surface area contributed by atoms with Gasteiger partial charge in [0.1, 0.15) is 30.6 Å². The Bertz CT molecular complexity index is 1420. The quantitative estimate of drug-likeness (QED) is 0.181. The average molecular weight is 529 g/mol. The lowest BCUT2D eigenvalue weighted by atomic mass is 10.1. The molecular weight excluding hydrogens is 504 g/mol. The van der Waals surface area contributed by atoms with Gasteiger partial charge < -0.3 is 14.2 Å². The van der Waals surface area contributed by atoms with Crippen molar-refractivity contribution in [1.29, 1.82) is 5.26 Å². The van der Waals surface area contributed by atoms with E-state index in [4.69, 9.17) is 14.2 Å². The van der Waals surface area contributed by atoms with E-state index in [9.17, 15) is 18.5 Å². The summed E-state index contributed by atoms with van der Waals surface area (Å²) >= 11 is 0.694. The number of nitrogens with zero attached hydrogens (tertiary/aromatic N) is 3. The molecule has 3 aromatic rings. The van der Waals surface area contributed by atoms with Crippen molar-refractivity contribution in [3.8, 4) is 23.3 Å². The summed E-state index contributed by atoms with van der Waals surface area (Å²) in [4.78, 5) is 12.5. The van der Waals surface area contributed by atoms with Gasteiger partial charge in [0.15, 0.2) is 11.5 Å². The van der Waals surface area contributed by atoms with E-state index < -0.39 is 15.7 Å². The van der Waals surface area contributed by atoms with Gasteiger partial charge >= 0.3 is 0 Å². The third kappa shape index (κ3) is 6.80. The number of hydrogen-bond acceptors (Lipinski definition) is 10. The fourth-order valence-corrected chi connectivity index (χ4v) is 4.61. The van der Waals surface area contributed by atoms with Crippen LogP contribution in [0.5, 0.6) is 17.2 Å². The number of nitrogens with one attached hydrogen (secondary N) is 1. The Labute approximate surface area is 213 Å². The molecule has 0 spiro atoms. The number of benzene rings is 2. The van der Waals surface area contributed by atoms with Crippen molar-refractivity contribution in [1.82, 2.24) is 10.2 Å². The molecule has 0 aliphatic carbocycles. The molecule has 36 heavy (non-hydrogen) atoms. The van der Waals surface area contributed by atoms with Crippen molar-refractivity contribution in [3.05, 3.63) is 58.7 Å². The maximum atomic E-state index is 12.5. The fourth-order valence-electron chi connectivity index (χ4n) is 3.11. The molecule has 12 heteroatoms. The minimum Gasteiger partial charge on any atom is -0.493 e. The summed E-state index contributed by atoms with van der Waals surface area (Å²) in [6, 6.07) is 12.7. The zero-order valence-electron chi connectivity index (χ0n) is 20.1. The summed E-state index contributed by atoms with van der Waals surface area (Å²) < 4.78 is 39.9. The summed E-state index contributed by atoms with van der Waals surface area (Å²) in [6.07, 6.45) is 2.35. The fraction of sp³-hybridized carbons (Fsp3) is 0.250. The average Bonchev–Trinajstić information content (AvgIpc) is 3.31. The highest BCUT2D eigenvalue weighted by molar-refractivity contribution is 7.92. The van der Waals surface area contributed by atoms with Gasteiger partial charge in [-0.15, -0.1) is 10.2 Å². The van der Waals surface area contributed by atoms with Gasteiger partial charge in [-0.2, -0.15) is 5.26 Å². The Kier molecular flexibility index (Phi) is 8.63. The molecule has 0 fully saturated rings. The van der Waals surface area contributed by atoms with Crippen molar-refractivity contribution in [2.45, 2.75) is 18.2 Å². The molecular formula is C24H24N4O6S2. The summed E-state index contributed by atoms with van der Waals surface area (Å²) in [5.41, 5.74) is 2.39. The lowest BCUT2D eigenvalue weighted by Gasteiger charge is -2.14. The van der Waals surface area contributed by atoms with Gasteiger partial charge in [-0.3, -0.25) is 10.1 Å². The number of hydrogen-bond donors (Lipinski definition) is 1. The molecule has 0 radical (unpaired) electrons. The highest BCUT2D eigenvalue weighted by Gasteiger charge is 2.18. The number of sulfone groups is 1. The Balaban J connectivity index is 1.66. The Morgan fingerprint density at radius 1 is 1.11 bits per heavy atom. The molecule has 0 aliphatic heterocycles. The normalized spacial score (nSPS) is 11.5. The number of amides is 1. The van der Waals surface area contributed by atoms with E-state index in [2.05, 4.69) is 15.5 Å². The molecule has 0 atom stereocenters. The number of aryl methyl sites for hydroxylation is 2. The van der Waals surface area contributed by atoms with Crippen molar-refractivity contribution in [2.24, 2.45) is 0 Å². The van der Waals surface area contributed by atoms with Crippen molar-refractivity contribution in [3.63, 3.8) is 0 Å². The molecule has 1 amide bonds. The number of methoxy groups -OCH3 is 1. The molecule has 0 aliphatic rings. The maximum Gasteiger partial charge on any atom is 0.268 e. The van der Waals surface area contributed by atoms with Crippen LogP contribution < -0.4 is 19.5 Å². The first-order valence-electron chi connectivity index (χ1n) is 10.6. The van der Waals surface area contributed by atoms with Gasteiger partial charge in [0.05, 0.1) is 7.11 Å². The SMILES string of the molecule is COc1cc(C=C(C#N)C(=O)Nc2nnc(S(C)(=O)=O)s2)ccc1OCCOc1c(C)cccc1C. The van der Waals surface area contributed by atoms with E-state index in [1.165, 1.54) is 13.2 Å². The van der Waals surface area contributed by atoms with Crippen LogP contribution in [-0.4, -0.2) is 51.1 Å². The summed E-state index contributed by atoms with van der Waals surface area (Å²) in [6.45, 7) is 4.58. The first-order chi connectivity index (χ1) is 17.1. The van der Waals surface area contributed by atoms with Gasteiger partial charge in [0.25, 0.3) is 5.91 Å². The van der Waals surface area contributed by atoms with Crippen LogP contribution >= 0.6 is 11.3 Å². The Hall–Kier alpha value is -3.95. The molecule has 2 aromatic carbocycles. The molecule has 0 bridgehead atoms. The predicted octanol–water partition coefficient (Wildman–Crippen LogP) is 3.57. The zero-order chi connectivity index (χ0) is 26.3. The largest absolute Gasteiger partial charge is 0.493 e. The van der Waals surface area contributed by atoms with Crippen LogP contribution in [0.15, 0.2) is 46.3 Å². The minimum atomic E-state index is -3.55. The van der Waals surface area contributed by atoms with Crippen molar-refractivity contribution in [2.75, 3.05) is 31.9 Å². The predicted molar refractivity (Wildman–Crippen MR) is 135 cm³/mol. The first-order valence-corrected chi connectivity index (χ1v) is 13.3. The highest BCUT2D eigenvalue weighted by Crippen LogP contribution is 2.29. The standard InChI is InChI=1S/C24H24N4O6S2/c1-15-6-5-7-16(2)21(15)34-11-10-33-19-9-8-17(13-20(19)32-3)12-18(14-25)22(29)26-23-27-28-24(35-23)36(4,30)31/h5-9,12-13H,10-11H2,1-4H3,(H,26,27,29). The topological polar surface area (TPSA) is 140 Å². The number of rotatable bonds is 10. The van der Waals surface area contributed by atoms with Crippen LogP contribution in [0.2, 0.25) is 0 Å². The van der Waals surface area contributed by atoms with Gasteiger partial charge in [-0.1, -0.05) is 35.6 Å². The Morgan fingerprint density at radius 2 is 1.81 bits per heavy atom. The molecule has 10 nitrogen and oxygen atoms in total. The second-order valence-electron chi connectivity index (χ2n) is 7.60. The molecule has 1 heterocycles. The first kappa shape index (κ1) is 26.7. The van der Waals surface area contributed by atoms with E-state index in [1.54, 1.807) is 18.2 Å². The second-order valence-corrected chi connectivity index (χ2v) is 10.8. The van der Waals surface area contributed by atoms with E-state index in [0.717, 1.165) is 23.1 Å². The number of ether oxygens (including phenoxy) is 3. The number of nitriles is 1. The number of para-hydroxylation sites is 1. The van der Waals surface area contributed by atoms with Crippen molar-refractivity contribution >= 4 is 38.3 Å². The minimum absolute atomic E-state index is 0.0361. The van der Waals surface area contributed by atoms with Crippen LogP contribution in [-0.2, 0) is 14.6 Å². The number of anilines is 1. The lowest BCUT2D eigenvalue weighted by molar-refractivity contribution is -0.112. The van der Waals surface area contributed by atoms with Gasteiger partial charge in [0.2, 0.25) is 19.3 Å². The molecule has 1 aromatic heterocycles. The number of carbonyl (C=O) groups is 1. The summed E-state index contributed by atoms with van der Waals surface area (Å²) in [5, 5.41) is 18.9. The van der Waals surface area contributed by atoms with E-state index in [0.29, 0.717) is 35.0 Å². The molecule has 0 saturated carbocycles. The lowest BCUT2D eigenvalue weighted by Crippen LogP contribution is -2.13. The van der Waals surface area contributed by atoms with Crippen LogP contribution in [0.25, 0.3) is 6.08 Å². The van der Waals surface area contributed by atoms with Crippen LogP contribution in [0, 0.1) is 25.2 Å². The molecule has 0 saturated heterocycles. The number of aromatic nitrogens is 2. The molecule has 0 unspecified atom stereocenters. The van der Waals surface area contributed by atoms with E-state index in [1.807, 2.05) is 38.1 Å². The third-order valence-electron chi connectivity index (χ3n) is 4.80. The summed E-state index contributed by atoms with van der Waals surface area (Å²) in [7, 11) is -2.07. The maximum absolute atomic E-state index is 12.5. The van der Waals surface area contributed by atoms with Gasteiger partial charge in [0, 0.05) is 6.26 Å². The van der Waals surface area contributed by atoms with Crippen LogP contribution in [0.4, 0.5) is 5.13 Å². The second kappa shape index (κ2) is 11.7. The number of carbonyl (C=O) groups excluding carboxylic acids is 1. The summed E-state index contributed by atoms with van der Waals surface area (Å²) in [5.74, 6) is 0.967. The monoisotopic (exact) mass is 528 g/mol. The van der Waals surface area contributed by atoms with Crippen molar-refractivity contribution < 1.29 is 27.4 Å². The smallest absolute Gasteiger partial charge is 0.268 e. The van der Waals surface area contributed by atoms with E-state index >= 15 is 0 Å². The molecule has 188 valence electrons. The molecule has 3 rings (SSSR count).